The third-order valence-electron chi connectivity index (χ3n) is 3.73. The predicted octanol–water partition coefficient (Wildman–Crippen LogP) is 1.48. The maximum absolute atomic E-state index is 13.3. The number of esters is 1. The van der Waals surface area contributed by atoms with Crippen LogP contribution in [0.15, 0.2) is 58.7 Å². The fraction of sp³-hybridized carbons (Fsp3) is 0.167. The molecule has 146 valence electrons. The van der Waals surface area contributed by atoms with Crippen LogP contribution in [0.5, 0.6) is 0 Å². The molecule has 1 heterocycles. The molecule has 1 fully saturated rings. The molecule has 3 rings (SSSR count). The minimum Gasteiger partial charge on any atom is -0.448 e. The van der Waals surface area contributed by atoms with Crippen molar-refractivity contribution in [1.82, 2.24) is 0 Å². The summed E-state index contributed by atoms with van der Waals surface area (Å²) in [5.74, 6) is -1.91. The zero-order valence-corrected chi connectivity index (χ0v) is 14.3. The number of carbonyl (C=O) groups excluding carboxylic acids is 1. The lowest BCUT2D eigenvalue weighted by Crippen LogP contribution is -2.36. The normalized spacial score (nSPS) is 20.3. The second-order valence-corrected chi connectivity index (χ2v) is 5.78. The van der Waals surface area contributed by atoms with Crippen LogP contribution in [-0.2, 0) is 9.53 Å². The summed E-state index contributed by atoms with van der Waals surface area (Å²) >= 11 is 0. The Morgan fingerprint density at radius 1 is 1.04 bits per heavy atom. The van der Waals surface area contributed by atoms with Gasteiger partial charge in [-0.05, 0) is 36.4 Å². The molecule has 0 spiro atoms. The van der Waals surface area contributed by atoms with E-state index in [1.54, 1.807) is 0 Å². The smallest absolute Gasteiger partial charge is 0.361 e. The highest BCUT2D eigenvalue weighted by Gasteiger charge is 2.42. The molecule has 1 aliphatic heterocycles. The molecule has 2 aromatic carbocycles. The minimum absolute atomic E-state index is 0.111. The van der Waals surface area contributed by atoms with E-state index in [2.05, 4.69) is 21.1 Å². The number of benzene rings is 2. The molecule has 0 saturated carbocycles. The van der Waals surface area contributed by atoms with E-state index in [4.69, 9.17) is 4.74 Å². The van der Waals surface area contributed by atoms with Crippen LogP contribution in [0, 0.1) is 11.6 Å². The van der Waals surface area contributed by atoms with Crippen LogP contribution >= 0.6 is 0 Å². The average molecular weight is 390 g/mol. The van der Waals surface area contributed by atoms with Gasteiger partial charge in [-0.3, -0.25) is 10.9 Å². The number of nitrogens with zero attached hydrogens (tertiary/aromatic N) is 2. The van der Waals surface area contributed by atoms with Crippen LogP contribution in [0.1, 0.15) is 0 Å². The summed E-state index contributed by atoms with van der Waals surface area (Å²) < 4.78 is 31.6. The van der Waals surface area contributed by atoms with E-state index in [0.29, 0.717) is 0 Å². The highest BCUT2D eigenvalue weighted by Crippen LogP contribution is 2.17. The molecule has 8 nitrogen and oxygen atoms in total. The molecule has 1 aliphatic rings. The number of hydrogen-bond donors (Lipinski definition) is 4. The van der Waals surface area contributed by atoms with Crippen LogP contribution in [0.2, 0.25) is 0 Å². The Kier molecular flexibility index (Phi) is 5.92. The van der Waals surface area contributed by atoms with Crippen molar-refractivity contribution < 1.29 is 28.5 Å². The van der Waals surface area contributed by atoms with Crippen LogP contribution in [0.4, 0.5) is 20.2 Å². The third-order valence-corrected chi connectivity index (χ3v) is 3.73. The number of ether oxygens (including phenoxy) is 1. The van der Waals surface area contributed by atoms with Gasteiger partial charge in [-0.1, -0.05) is 12.1 Å². The topological polar surface area (TPSA) is 116 Å². The Balaban J connectivity index is 1.90. The summed E-state index contributed by atoms with van der Waals surface area (Å²) in [5, 5.41) is 27.0. The van der Waals surface area contributed by atoms with Crippen molar-refractivity contribution in [3.05, 3.63) is 60.2 Å². The Morgan fingerprint density at radius 2 is 1.61 bits per heavy atom. The quantitative estimate of drug-likeness (QED) is 0.439. The van der Waals surface area contributed by atoms with E-state index in [0.717, 1.165) is 6.07 Å². The van der Waals surface area contributed by atoms with Crippen molar-refractivity contribution in [2.24, 2.45) is 10.2 Å². The average Bonchev–Trinajstić information content (AvgIpc) is 2.99. The van der Waals surface area contributed by atoms with Crippen molar-refractivity contribution >= 4 is 28.8 Å². The number of carbonyl (C=O) groups is 1. The Bertz CT molecular complexity index is 935. The van der Waals surface area contributed by atoms with Crippen molar-refractivity contribution in [1.29, 1.82) is 0 Å². The summed E-state index contributed by atoms with van der Waals surface area (Å²) in [5.41, 5.74) is 5.20. The second-order valence-electron chi connectivity index (χ2n) is 5.78. The highest BCUT2D eigenvalue weighted by molar-refractivity contribution is 6.69. The number of aliphatic hydroxyl groups is 2. The van der Waals surface area contributed by atoms with E-state index in [-0.39, 0.29) is 22.8 Å². The number of halogens is 2. The number of rotatable bonds is 6. The Hall–Kier alpha value is -3.37. The van der Waals surface area contributed by atoms with Crippen molar-refractivity contribution in [2.45, 2.75) is 12.2 Å². The van der Waals surface area contributed by atoms with Gasteiger partial charge in [0.2, 0.25) is 0 Å². The maximum atomic E-state index is 13.3. The van der Waals surface area contributed by atoms with Crippen molar-refractivity contribution in [2.75, 3.05) is 17.5 Å². The monoisotopic (exact) mass is 390 g/mol. The Labute approximate surface area is 158 Å². The number of anilines is 2. The predicted molar refractivity (Wildman–Crippen MR) is 97.9 cm³/mol. The number of hydrogen-bond acceptors (Lipinski definition) is 8. The molecule has 2 unspecified atom stereocenters. The molecule has 0 radical (unpaired) electrons. The zero-order chi connectivity index (χ0) is 20.1. The lowest BCUT2D eigenvalue weighted by Gasteiger charge is -2.14. The van der Waals surface area contributed by atoms with Gasteiger partial charge in [-0.25, -0.2) is 13.6 Å². The molecule has 2 atom stereocenters. The molecule has 10 heteroatoms. The van der Waals surface area contributed by atoms with Crippen LogP contribution in [-0.4, -0.2) is 46.4 Å². The first-order valence-electron chi connectivity index (χ1n) is 8.16. The van der Waals surface area contributed by atoms with Gasteiger partial charge in [0.1, 0.15) is 23.5 Å². The highest BCUT2D eigenvalue weighted by atomic mass is 19.1. The molecule has 4 N–H and O–H groups in total. The maximum Gasteiger partial charge on any atom is 0.361 e. The van der Waals surface area contributed by atoms with Crippen LogP contribution in [0.3, 0.4) is 0 Å². The lowest BCUT2D eigenvalue weighted by molar-refractivity contribution is -0.140. The van der Waals surface area contributed by atoms with Gasteiger partial charge in [0.05, 0.1) is 18.0 Å². The molecular weight excluding hydrogens is 374 g/mol. The van der Waals surface area contributed by atoms with Gasteiger partial charge in [0, 0.05) is 0 Å². The molecule has 1 saturated heterocycles. The van der Waals surface area contributed by atoms with Crippen LogP contribution in [0.25, 0.3) is 0 Å². The molecule has 2 aromatic rings. The third kappa shape index (κ3) is 4.48. The van der Waals surface area contributed by atoms with E-state index in [9.17, 15) is 23.8 Å². The molecule has 0 aliphatic carbocycles. The summed E-state index contributed by atoms with van der Waals surface area (Å²) in [4.78, 5) is 12.1. The molecule has 28 heavy (non-hydrogen) atoms. The van der Waals surface area contributed by atoms with Gasteiger partial charge >= 0.3 is 5.97 Å². The van der Waals surface area contributed by atoms with Gasteiger partial charge in [0.25, 0.3) is 0 Å². The van der Waals surface area contributed by atoms with E-state index in [1.807, 2.05) is 0 Å². The van der Waals surface area contributed by atoms with Crippen molar-refractivity contribution in [3.63, 3.8) is 0 Å². The first-order chi connectivity index (χ1) is 13.5. The van der Waals surface area contributed by atoms with E-state index >= 15 is 0 Å². The molecular formula is C18H16F2N4O4. The van der Waals surface area contributed by atoms with Gasteiger partial charge in [-0.15, -0.1) is 0 Å². The fourth-order valence-electron chi connectivity index (χ4n) is 2.40. The lowest BCUT2D eigenvalue weighted by atomic mass is 10.1. The fourth-order valence-corrected chi connectivity index (χ4v) is 2.40. The zero-order valence-electron chi connectivity index (χ0n) is 14.3. The minimum atomic E-state index is -1.45. The second kappa shape index (κ2) is 8.55. The van der Waals surface area contributed by atoms with Gasteiger partial charge in [-0.2, -0.15) is 10.2 Å². The molecule has 0 bridgehead atoms. The number of nitrogens with one attached hydrogen (secondary N) is 2. The van der Waals surface area contributed by atoms with Crippen molar-refractivity contribution in [3.8, 4) is 0 Å². The molecule has 0 amide bonds. The summed E-state index contributed by atoms with van der Waals surface area (Å²) in [6.07, 6.45) is -2.73. The number of hydrazone groups is 2. The summed E-state index contributed by atoms with van der Waals surface area (Å²) in [6, 6.07) is 10.8. The Morgan fingerprint density at radius 3 is 2.14 bits per heavy atom. The standard InChI is InChI=1S/C18H16F2N4O4/c19-10-3-1-5-12(7-10)21-23-15-16(18(27)28-17(15)14(26)9-25)24-22-13-6-2-4-11(20)8-13/h1-8,14,17,21-22,25-26H,9H2. The summed E-state index contributed by atoms with van der Waals surface area (Å²) in [6.45, 7) is -0.693. The van der Waals surface area contributed by atoms with E-state index < -0.39 is 36.4 Å². The van der Waals surface area contributed by atoms with E-state index in [1.165, 1.54) is 42.5 Å². The van der Waals surface area contributed by atoms with Gasteiger partial charge < -0.3 is 14.9 Å². The van der Waals surface area contributed by atoms with Gasteiger partial charge in [0.15, 0.2) is 11.8 Å². The number of cyclic esters (lactones) is 1. The largest absolute Gasteiger partial charge is 0.448 e. The summed E-state index contributed by atoms with van der Waals surface area (Å²) in [7, 11) is 0. The number of aliphatic hydroxyl groups excluding tert-OH is 2. The van der Waals surface area contributed by atoms with Crippen LogP contribution < -0.4 is 10.9 Å². The molecule has 0 aromatic heterocycles. The first-order valence-corrected chi connectivity index (χ1v) is 8.16. The first kappa shape index (κ1) is 19.4. The SMILES string of the molecule is O=C1OC(C(O)CO)C(=NNc2cccc(F)c2)C1=NNc1cccc(F)c1.